The van der Waals surface area contributed by atoms with Gasteiger partial charge in [0, 0.05) is 11.5 Å². The van der Waals surface area contributed by atoms with Gasteiger partial charge < -0.3 is 4.57 Å². The third-order valence-electron chi connectivity index (χ3n) is 2.62. The van der Waals surface area contributed by atoms with Gasteiger partial charge in [-0.25, -0.2) is 0 Å². The third kappa shape index (κ3) is 1.38. The van der Waals surface area contributed by atoms with Crippen LogP contribution in [0.4, 0.5) is 0 Å². The van der Waals surface area contributed by atoms with Crippen molar-refractivity contribution in [2.24, 2.45) is 0 Å². The van der Waals surface area contributed by atoms with Crippen LogP contribution in [0.15, 0.2) is 42.2 Å². The zero-order valence-corrected chi connectivity index (χ0v) is 8.47. The van der Waals surface area contributed by atoms with Crippen LogP contribution >= 0.6 is 7.14 Å². The standard InChI is InChI=1S/C11H13OP/c1-10-6-5-9-13(10,12)11-7-3-2-4-8-11/h2-4,7-8H,1,5-6,9H2/t13-/m1/s1. The van der Waals surface area contributed by atoms with E-state index in [1.54, 1.807) is 0 Å². The highest BCUT2D eigenvalue weighted by Gasteiger charge is 2.32. The molecule has 1 atom stereocenters. The fourth-order valence-electron chi connectivity index (χ4n) is 1.82. The molecule has 0 amide bonds. The van der Waals surface area contributed by atoms with Gasteiger partial charge in [0.05, 0.1) is 0 Å². The summed E-state index contributed by atoms with van der Waals surface area (Å²) >= 11 is 0. The van der Waals surface area contributed by atoms with Crippen molar-refractivity contribution in [1.29, 1.82) is 0 Å². The number of allylic oxidation sites excluding steroid dienone is 1. The van der Waals surface area contributed by atoms with Gasteiger partial charge in [0.1, 0.15) is 7.14 Å². The Balaban J connectivity index is 2.46. The quantitative estimate of drug-likeness (QED) is 0.625. The predicted octanol–water partition coefficient (Wildman–Crippen LogP) is 2.98. The summed E-state index contributed by atoms with van der Waals surface area (Å²) in [7, 11) is -2.21. The van der Waals surface area contributed by atoms with E-state index in [2.05, 4.69) is 6.58 Å². The van der Waals surface area contributed by atoms with Crippen molar-refractivity contribution in [1.82, 2.24) is 0 Å². The number of hydrogen-bond acceptors (Lipinski definition) is 1. The van der Waals surface area contributed by atoms with Crippen molar-refractivity contribution >= 4 is 12.4 Å². The van der Waals surface area contributed by atoms with Crippen LogP contribution in [0.25, 0.3) is 0 Å². The van der Waals surface area contributed by atoms with Gasteiger partial charge in [-0.3, -0.25) is 0 Å². The van der Waals surface area contributed by atoms with Gasteiger partial charge in [0.15, 0.2) is 0 Å². The molecule has 0 spiro atoms. The van der Waals surface area contributed by atoms with Crippen molar-refractivity contribution in [2.75, 3.05) is 6.16 Å². The Morgan fingerprint density at radius 2 is 1.92 bits per heavy atom. The molecule has 68 valence electrons. The summed E-state index contributed by atoms with van der Waals surface area (Å²) in [6, 6.07) is 9.75. The number of benzene rings is 1. The van der Waals surface area contributed by atoms with Crippen LogP contribution < -0.4 is 5.30 Å². The molecule has 0 aliphatic carbocycles. The first-order valence-corrected chi connectivity index (χ1v) is 6.46. The lowest BCUT2D eigenvalue weighted by molar-refractivity contribution is 0.587. The molecule has 0 bridgehead atoms. The first-order chi connectivity index (χ1) is 6.23. The third-order valence-corrected chi connectivity index (χ3v) is 5.95. The zero-order valence-electron chi connectivity index (χ0n) is 7.57. The Morgan fingerprint density at radius 1 is 1.23 bits per heavy atom. The Morgan fingerprint density at radius 3 is 2.46 bits per heavy atom. The molecule has 1 aromatic rings. The van der Waals surface area contributed by atoms with E-state index in [1.807, 2.05) is 30.3 Å². The van der Waals surface area contributed by atoms with Crippen LogP contribution in [0.3, 0.4) is 0 Å². The van der Waals surface area contributed by atoms with E-state index in [4.69, 9.17) is 0 Å². The second-order valence-corrected chi connectivity index (χ2v) is 6.54. The molecule has 0 radical (unpaired) electrons. The largest absolute Gasteiger partial charge is 0.314 e. The minimum Gasteiger partial charge on any atom is -0.314 e. The molecule has 1 aliphatic heterocycles. The van der Waals surface area contributed by atoms with Gasteiger partial charge in [0.25, 0.3) is 0 Å². The monoisotopic (exact) mass is 192 g/mol. The van der Waals surface area contributed by atoms with Gasteiger partial charge in [-0.15, -0.1) is 0 Å². The molecule has 1 nitrogen and oxygen atoms in total. The fourth-order valence-corrected chi connectivity index (χ4v) is 4.54. The zero-order chi connectivity index (χ0) is 9.31. The van der Waals surface area contributed by atoms with Crippen molar-refractivity contribution in [3.05, 3.63) is 42.2 Å². The number of rotatable bonds is 1. The summed E-state index contributed by atoms with van der Waals surface area (Å²) < 4.78 is 12.4. The highest BCUT2D eigenvalue weighted by molar-refractivity contribution is 7.75. The lowest BCUT2D eigenvalue weighted by atomic mass is 10.3. The van der Waals surface area contributed by atoms with E-state index in [-0.39, 0.29) is 0 Å². The van der Waals surface area contributed by atoms with Crippen molar-refractivity contribution < 1.29 is 4.57 Å². The van der Waals surface area contributed by atoms with Gasteiger partial charge in [-0.2, -0.15) is 0 Å². The normalized spacial score (nSPS) is 27.8. The molecule has 1 fully saturated rings. The van der Waals surface area contributed by atoms with Crippen LogP contribution in [0.5, 0.6) is 0 Å². The van der Waals surface area contributed by atoms with Gasteiger partial charge >= 0.3 is 0 Å². The van der Waals surface area contributed by atoms with Crippen molar-refractivity contribution in [3.8, 4) is 0 Å². The highest BCUT2D eigenvalue weighted by atomic mass is 31.2. The van der Waals surface area contributed by atoms with Crippen LogP contribution in [0.1, 0.15) is 12.8 Å². The maximum absolute atomic E-state index is 12.4. The van der Waals surface area contributed by atoms with E-state index < -0.39 is 7.14 Å². The second-order valence-electron chi connectivity index (χ2n) is 3.47. The van der Waals surface area contributed by atoms with Crippen LogP contribution in [-0.4, -0.2) is 6.16 Å². The molecule has 1 saturated heterocycles. The van der Waals surface area contributed by atoms with Crippen molar-refractivity contribution in [2.45, 2.75) is 12.8 Å². The molecular weight excluding hydrogens is 179 g/mol. The molecule has 0 aromatic heterocycles. The average Bonchev–Trinajstić information content (AvgIpc) is 2.50. The van der Waals surface area contributed by atoms with E-state index in [9.17, 15) is 4.57 Å². The van der Waals surface area contributed by atoms with Gasteiger partial charge in [-0.1, -0.05) is 36.9 Å². The topological polar surface area (TPSA) is 17.1 Å². The maximum atomic E-state index is 12.4. The maximum Gasteiger partial charge on any atom is 0.138 e. The molecule has 1 heterocycles. The smallest absolute Gasteiger partial charge is 0.138 e. The summed E-state index contributed by atoms with van der Waals surface area (Å²) in [6.07, 6.45) is 2.78. The lowest BCUT2D eigenvalue weighted by Crippen LogP contribution is -2.03. The van der Waals surface area contributed by atoms with Crippen molar-refractivity contribution in [3.63, 3.8) is 0 Å². The molecule has 0 saturated carbocycles. The van der Waals surface area contributed by atoms with Crippen LogP contribution in [0, 0.1) is 0 Å². The fraction of sp³-hybridized carbons (Fsp3) is 0.273. The minimum atomic E-state index is -2.21. The predicted molar refractivity (Wildman–Crippen MR) is 56.9 cm³/mol. The number of hydrogen-bond donors (Lipinski definition) is 0. The molecule has 2 heteroatoms. The van der Waals surface area contributed by atoms with Gasteiger partial charge in [0.2, 0.25) is 0 Å². The lowest BCUT2D eigenvalue weighted by Gasteiger charge is -2.12. The first-order valence-electron chi connectivity index (χ1n) is 4.56. The Bertz CT molecular complexity index is 367. The molecule has 13 heavy (non-hydrogen) atoms. The minimum absolute atomic E-state index is 0.815. The summed E-state index contributed by atoms with van der Waals surface area (Å²) in [6.45, 7) is 3.92. The van der Waals surface area contributed by atoms with Crippen LogP contribution in [0.2, 0.25) is 0 Å². The van der Waals surface area contributed by atoms with E-state index in [1.165, 1.54) is 0 Å². The second kappa shape index (κ2) is 3.16. The molecular formula is C11H13OP. The molecule has 0 N–H and O–H groups in total. The summed E-state index contributed by atoms with van der Waals surface area (Å²) in [5, 5.41) is 1.94. The highest BCUT2D eigenvalue weighted by Crippen LogP contribution is 2.58. The summed E-state index contributed by atoms with van der Waals surface area (Å²) in [4.78, 5) is 0. The van der Waals surface area contributed by atoms with E-state index in [0.29, 0.717) is 0 Å². The Hall–Kier alpha value is -0.810. The first kappa shape index (κ1) is 8.77. The Kier molecular flexibility index (Phi) is 2.13. The van der Waals surface area contributed by atoms with Crippen LogP contribution in [-0.2, 0) is 4.57 Å². The molecule has 0 unspecified atom stereocenters. The van der Waals surface area contributed by atoms with E-state index >= 15 is 0 Å². The summed E-state index contributed by atoms with van der Waals surface area (Å²) in [5.41, 5.74) is 0. The van der Waals surface area contributed by atoms with E-state index in [0.717, 1.165) is 29.6 Å². The Labute approximate surface area is 78.9 Å². The summed E-state index contributed by atoms with van der Waals surface area (Å²) in [5.74, 6) is 0. The van der Waals surface area contributed by atoms with Gasteiger partial charge in [-0.05, 0) is 18.2 Å². The average molecular weight is 192 g/mol. The molecule has 2 rings (SSSR count). The molecule has 1 aliphatic rings. The SMILES string of the molecule is C=C1CCC[P@]1(=O)c1ccccc1. The molecule has 1 aromatic carbocycles.